The third-order valence-corrected chi connectivity index (χ3v) is 4.70. The van der Waals surface area contributed by atoms with Gasteiger partial charge in [0.25, 0.3) is 0 Å². The summed E-state index contributed by atoms with van der Waals surface area (Å²) in [7, 11) is 0. The van der Waals surface area contributed by atoms with Crippen LogP contribution in [-0.4, -0.2) is 6.26 Å². The largest absolute Gasteiger partial charge is 0.306 e. The molecule has 1 nitrogen and oxygen atoms in total. The van der Waals surface area contributed by atoms with E-state index in [1.54, 1.807) is 11.8 Å². The summed E-state index contributed by atoms with van der Waals surface area (Å²) in [4.78, 5) is 1.28. The van der Waals surface area contributed by atoms with Gasteiger partial charge in [0, 0.05) is 17.5 Å². The molecule has 0 aromatic heterocycles. The lowest BCUT2D eigenvalue weighted by molar-refractivity contribution is 0.574. The van der Waals surface area contributed by atoms with Crippen LogP contribution < -0.4 is 5.32 Å². The highest BCUT2D eigenvalue weighted by atomic mass is 35.5. The molecule has 0 aliphatic rings. The Morgan fingerprint density at radius 2 is 1.75 bits per heavy atom. The predicted octanol–water partition coefficient (Wildman–Crippen LogP) is 5.57. The normalized spacial score (nSPS) is 12.4. The summed E-state index contributed by atoms with van der Waals surface area (Å²) in [5, 5.41) is 4.68. The third-order valence-electron chi connectivity index (χ3n) is 3.22. The molecule has 106 valence electrons. The topological polar surface area (TPSA) is 12.0 Å². The summed E-state index contributed by atoms with van der Waals surface area (Å²) < 4.78 is 0. The Bertz CT molecular complexity index is 569. The number of halogens is 2. The fourth-order valence-electron chi connectivity index (χ4n) is 1.91. The van der Waals surface area contributed by atoms with E-state index in [1.807, 2.05) is 18.2 Å². The van der Waals surface area contributed by atoms with E-state index in [0.717, 1.165) is 12.1 Å². The van der Waals surface area contributed by atoms with E-state index in [0.29, 0.717) is 10.0 Å². The molecule has 0 bridgehead atoms. The van der Waals surface area contributed by atoms with E-state index in [2.05, 4.69) is 42.8 Å². The van der Waals surface area contributed by atoms with Gasteiger partial charge in [-0.2, -0.15) is 0 Å². The Hall–Kier alpha value is -0.670. The lowest BCUT2D eigenvalue weighted by atomic mass is 10.1. The van der Waals surface area contributed by atoms with Gasteiger partial charge in [0.1, 0.15) is 0 Å². The fraction of sp³-hybridized carbons (Fsp3) is 0.250. The highest BCUT2D eigenvalue weighted by Gasteiger charge is 2.07. The molecule has 0 radical (unpaired) electrons. The van der Waals surface area contributed by atoms with E-state index >= 15 is 0 Å². The first-order valence-electron chi connectivity index (χ1n) is 6.41. The van der Waals surface area contributed by atoms with Gasteiger partial charge in [-0.3, -0.25) is 0 Å². The zero-order valence-electron chi connectivity index (χ0n) is 11.5. The highest BCUT2D eigenvalue weighted by Crippen LogP contribution is 2.25. The predicted molar refractivity (Wildman–Crippen MR) is 89.9 cm³/mol. The van der Waals surface area contributed by atoms with Crippen LogP contribution in [0, 0.1) is 0 Å². The second-order valence-electron chi connectivity index (χ2n) is 4.62. The second kappa shape index (κ2) is 7.37. The molecular formula is C16H17Cl2NS. The minimum absolute atomic E-state index is 0.227. The van der Waals surface area contributed by atoms with Crippen molar-refractivity contribution < 1.29 is 0 Å². The molecule has 2 rings (SSSR count). The molecule has 0 saturated heterocycles. The van der Waals surface area contributed by atoms with E-state index in [9.17, 15) is 0 Å². The zero-order valence-corrected chi connectivity index (χ0v) is 13.8. The van der Waals surface area contributed by atoms with Crippen LogP contribution in [0.4, 0.5) is 0 Å². The molecule has 1 unspecified atom stereocenters. The first kappa shape index (κ1) is 15.7. The van der Waals surface area contributed by atoms with E-state index < -0.39 is 0 Å². The zero-order chi connectivity index (χ0) is 14.5. The van der Waals surface area contributed by atoms with Crippen molar-refractivity contribution in [2.45, 2.75) is 24.4 Å². The lowest BCUT2D eigenvalue weighted by Gasteiger charge is -2.15. The van der Waals surface area contributed by atoms with Gasteiger partial charge in [-0.15, -0.1) is 11.8 Å². The van der Waals surface area contributed by atoms with Crippen molar-refractivity contribution in [1.29, 1.82) is 0 Å². The Morgan fingerprint density at radius 1 is 1.05 bits per heavy atom. The van der Waals surface area contributed by atoms with Crippen LogP contribution >= 0.6 is 35.0 Å². The number of nitrogens with one attached hydrogen (secondary N) is 1. The third kappa shape index (κ3) is 4.16. The fourth-order valence-corrected chi connectivity index (χ4v) is 2.63. The average Bonchev–Trinajstić information content (AvgIpc) is 2.48. The van der Waals surface area contributed by atoms with Gasteiger partial charge < -0.3 is 5.32 Å². The number of hydrogen-bond acceptors (Lipinski definition) is 2. The van der Waals surface area contributed by atoms with Crippen LogP contribution in [0.1, 0.15) is 24.1 Å². The molecule has 1 atom stereocenters. The van der Waals surface area contributed by atoms with Crippen LogP contribution in [-0.2, 0) is 6.54 Å². The molecule has 0 amide bonds. The first-order valence-corrected chi connectivity index (χ1v) is 8.39. The Labute approximate surface area is 134 Å². The Kier molecular flexibility index (Phi) is 5.79. The van der Waals surface area contributed by atoms with Gasteiger partial charge in [-0.25, -0.2) is 0 Å². The molecule has 2 aromatic carbocycles. The summed E-state index contributed by atoms with van der Waals surface area (Å²) in [5.74, 6) is 0. The minimum atomic E-state index is 0.227. The second-order valence-corrected chi connectivity index (χ2v) is 6.32. The smallest absolute Gasteiger partial charge is 0.0595 e. The Morgan fingerprint density at radius 3 is 2.35 bits per heavy atom. The maximum atomic E-state index is 6.05. The van der Waals surface area contributed by atoms with Crippen molar-refractivity contribution in [1.82, 2.24) is 5.32 Å². The molecule has 0 saturated carbocycles. The molecule has 2 aromatic rings. The van der Waals surface area contributed by atoms with Crippen molar-refractivity contribution in [3.05, 3.63) is 63.6 Å². The summed E-state index contributed by atoms with van der Waals surface area (Å²) in [6.07, 6.45) is 2.08. The summed E-state index contributed by atoms with van der Waals surface area (Å²) in [6, 6.07) is 14.6. The van der Waals surface area contributed by atoms with Gasteiger partial charge in [0.2, 0.25) is 0 Å². The molecular weight excluding hydrogens is 309 g/mol. The average molecular weight is 326 g/mol. The van der Waals surface area contributed by atoms with E-state index in [-0.39, 0.29) is 6.04 Å². The van der Waals surface area contributed by atoms with Gasteiger partial charge in [-0.1, -0.05) is 41.4 Å². The maximum absolute atomic E-state index is 6.05. The summed E-state index contributed by atoms with van der Waals surface area (Å²) in [5.41, 5.74) is 2.41. The van der Waals surface area contributed by atoms with Crippen molar-refractivity contribution in [2.75, 3.05) is 6.26 Å². The lowest BCUT2D eigenvalue weighted by Crippen LogP contribution is -2.18. The highest BCUT2D eigenvalue weighted by molar-refractivity contribution is 7.98. The molecule has 1 N–H and O–H groups in total. The number of thioether (sulfide) groups is 1. The first-order chi connectivity index (χ1) is 9.60. The summed E-state index contributed by atoms with van der Waals surface area (Å²) >= 11 is 13.7. The van der Waals surface area contributed by atoms with Gasteiger partial charge in [0.15, 0.2) is 0 Å². The minimum Gasteiger partial charge on any atom is -0.306 e. The Balaban J connectivity index is 1.96. The van der Waals surface area contributed by atoms with E-state index in [4.69, 9.17) is 23.2 Å². The van der Waals surface area contributed by atoms with E-state index in [1.165, 1.54) is 10.5 Å². The monoisotopic (exact) mass is 325 g/mol. The molecule has 0 spiro atoms. The maximum Gasteiger partial charge on any atom is 0.0595 e. The molecule has 0 aliphatic carbocycles. The van der Waals surface area contributed by atoms with Crippen LogP contribution in [0.15, 0.2) is 47.4 Å². The van der Waals surface area contributed by atoms with Crippen molar-refractivity contribution >= 4 is 35.0 Å². The number of benzene rings is 2. The quantitative estimate of drug-likeness (QED) is 0.721. The van der Waals surface area contributed by atoms with Crippen molar-refractivity contribution in [3.8, 4) is 0 Å². The van der Waals surface area contributed by atoms with Crippen LogP contribution in [0.25, 0.3) is 0 Å². The van der Waals surface area contributed by atoms with Crippen molar-refractivity contribution in [2.24, 2.45) is 0 Å². The standard InChI is InChI=1S/C16H17Cl2NS/c1-11(13-5-8-15(17)16(18)9-13)19-10-12-3-6-14(20-2)7-4-12/h3-9,11,19H,10H2,1-2H3. The van der Waals surface area contributed by atoms with Gasteiger partial charge >= 0.3 is 0 Å². The molecule has 0 heterocycles. The van der Waals surface area contributed by atoms with Crippen molar-refractivity contribution in [3.63, 3.8) is 0 Å². The van der Waals surface area contributed by atoms with Crippen LogP contribution in [0.3, 0.4) is 0 Å². The van der Waals surface area contributed by atoms with Crippen LogP contribution in [0.5, 0.6) is 0 Å². The molecule has 0 aliphatic heterocycles. The molecule has 4 heteroatoms. The summed E-state index contributed by atoms with van der Waals surface area (Å²) in [6.45, 7) is 2.95. The molecule has 0 fully saturated rings. The SMILES string of the molecule is CSc1ccc(CNC(C)c2ccc(Cl)c(Cl)c2)cc1. The molecule has 20 heavy (non-hydrogen) atoms. The number of rotatable bonds is 5. The van der Waals surface area contributed by atoms with Gasteiger partial charge in [-0.05, 0) is 48.6 Å². The van der Waals surface area contributed by atoms with Gasteiger partial charge in [0.05, 0.1) is 10.0 Å². The van der Waals surface area contributed by atoms with Crippen LogP contribution in [0.2, 0.25) is 10.0 Å². The number of hydrogen-bond donors (Lipinski definition) is 1.